The second-order valence-corrected chi connectivity index (χ2v) is 6.74. The van der Waals surface area contributed by atoms with Gasteiger partial charge in [-0.3, -0.25) is 4.79 Å². The molecule has 0 aliphatic heterocycles. The maximum absolute atomic E-state index is 12.2. The number of hydrogen-bond acceptors (Lipinski definition) is 4. The molecule has 0 aromatic heterocycles. The summed E-state index contributed by atoms with van der Waals surface area (Å²) in [5, 5.41) is 2.84. The number of ether oxygens (including phenoxy) is 2. The lowest BCUT2D eigenvalue weighted by Crippen LogP contribution is -2.32. The van der Waals surface area contributed by atoms with Crippen molar-refractivity contribution < 1.29 is 14.3 Å². The number of amides is 1. The van der Waals surface area contributed by atoms with Gasteiger partial charge in [0, 0.05) is 11.4 Å². The first-order chi connectivity index (χ1) is 11.6. The van der Waals surface area contributed by atoms with Crippen molar-refractivity contribution in [2.75, 3.05) is 20.8 Å². The van der Waals surface area contributed by atoms with Gasteiger partial charge in [0.25, 0.3) is 0 Å². The highest BCUT2D eigenvalue weighted by Gasteiger charge is 2.13. The van der Waals surface area contributed by atoms with E-state index < -0.39 is 0 Å². The highest BCUT2D eigenvalue weighted by molar-refractivity contribution is 8.00. The molecule has 0 fully saturated rings. The van der Waals surface area contributed by atoms with Crippen molar-refractivity contribution in [1.82, 2.24) is 5.32 Å². The molecule has 0 bridgehead atoms. The maximum atomic E-state index is 12.2. The van der Waals surface area contributed by atoms with E-state index in [1.54, 1.807) is 14.2 Å². The van der Waals surface area contributed by atoms with Crippen molar-refractivity contribution in [2.24, 2.45) is 0 Å². The molecule has 0 heterocycles. The molecule has 2 aromatic rings. The average Bonchev–Trinajstić information content (AvgIpc) is 2.62. The van der Waals surface area contributed by atoms with Gasteiger partial charge in [-0.05, 0) is 55.3 Å². The van der Waals surface area contributed by atoms with Crippen LogP contribution in [0.3, 0.4) is 0 Å². The monoisotopic (exact) mass is 345 g/mol. The molecule has 0 spiro atoms. The standard InChI is InChI=1S/C19H23NO3S/c1-14(24-18-10-8-17(23-3)9-11-18)19(21)20-13-12-15-4-6-16(22-2)7-5-15/h4-11,14H,12-13H2,1-3H3,(H,20,21)/t14-/m1/s1. The first-order valence-electron chi connectivity index (χ1n) is 7.83. The predicted octanol–water partition coefficient (Wildman–Crippen LogP) is 3.54. The maximum Gasteiger partial charge on any atom is 0.233 e. The van der Waals surface area contributed by atoms with Gasteiger partial charge in [0.2, 0.25) is 5.91 Å². The summed E-state index contributed by atoms with van der Waals surface area (Å²) in [6, 6.07) is 15.6. The normalized spacial score (nSPS) is 11.6. The lowest BCUT2D eigenvalue weighted by Gasteiger charge is -2.12. The van der Waals surface area contributed by atoms with Gasteiger partial charge >= 0.3 is 0 Å². The van der Waals surface area contributed by atoms with Crippen LogP contribution >= 0.6 is 11.8 Å². The Balaban J connectivity index is 1.76. The van der Waals surface area contributed by atoms with Gasteiger partial charge in [-0.2, -0.15) is 0 Å². The van der Waals surface area contributed by atoms with Gasteiger partial charge in [0.05, 0.1) is 19.5 Å². The quantitative estimate of drug-likeness (QED) is 0.744. The van der Waals surface area contributed by atoms with E-state index >= 15 is 0 Å². The van der Waals surface area contributed by atoms with Crippen LogP contribution in [0.25, 0.3) is 0 Å². The van der Waals surface area contributed by atoms with E-state index in [4.69, 9.17) is 9.47 Å². The summed E-state index contributed by atoms with van der Waals surface area (Å²) in [6.07, 6.45) is 0.801. The Morgan fingerprint density at radius 3 is 2.08 bits per heavy atom. The number of methoxy groups -OCH3 is 2. The van der Waals surface area contributed by atoms with Crippen LogP contribution in [0.4, 0.5) is 0 Å². The molecular formula is C19H23NO3S. The zero-order valence-electron chi connectivity index (χ0n) is 14.2. The molecule has 0 saturated carbocycles. The molecular weight excluding hydrogens is 322 g/mol. The third kappa shape index (κ3) is 5.49. The first kappa shape index (κ1) is 18.2. The lowest BCUT2D eigenvalue weighted by atomic mass is 10.1. The van der Waals surface area contributed by atoms with Crippen molar-refractivity contribution >= 4 is 17.7 Å². The first-order valence-corrected chi connectivity index (χ1v) is 8.71. The lowest BCUT2D eigenvalue weighted by molar-refractivity contribution is -0.120. The Morgan fingerprint density at radius 2 is 1.54 bits per heavy atom. The molecule has 1 amide bonds. The summed E-state index contributed by atoms with van der Waals surface area (Å²) >= 11 is 1.54. The minimum atomic E-state index is -0.144. The van der Waals surface area contributed by atoms with Crippen molar-refractivity contribution in [3.8, 4) is 11.5 Å². The average molecular weight is 345 g/mol. The number of benzene rings is 2. The largest absolute Gasteiger partial charge is 0.497 e. The molecule has 0 aliphatic rings. The molecule has 0 unspecified atom stereocenters. The number of nitrogens with one attached hydrogen (secondary N) is 1. The van der Waals surface area contributed by atoms with Gasteiger partial charge in [0.15, 0.2) is 0 Å². The van der Waals surface area contributed by atoms with Crippen LogP contribution in [0.2, 0.25) is 0 Å². The van der Waals surface area contributed by atoms with Crippen LogP contribution in [0.5, 0.6) is 11.5 Å². The highest BCUT2D eigenvalue weighted by Crippen LogP contribution is 2.25. The third-order valence-electron chi connectivity index (χ3n) is 3.61. The molecule has 4 nitrogen and oxygen atoms in total. The van der Waals surface area contributed by atoms with E-state index in [1.807, 2.05) is 55.5 Å². The number of rotatable bonds is 8. The van der Waals surface area contributed by atoms with Crippen molar-refractivity contribution in [1.29, 1.82) is 0 Å². The molecule has 24 heavy (non-hydrogen) atoms. The summed E-state index contributed by atoms with van der Waals surface area (Å²) in [7, 11) is 3.29. The highest BCUT2D eigenvalue weighted by atomic mass is 32.2. The minimum Gasteiger partial charge on any atom is -0.497 e. The fraction of sp³-hybridized carbons (Fsp3) is 0.316. The van der Waals surface area contributed by atoms with Crippen molar-refractivity contribution in [2.45, 2.75) is 23.5 Å². The summed E-state index contributed by atoms with van der Waals surface area (Å²) in [4.78, 5) is 13.2. The van der Waals surface area contributed by atoms with E-state index in [9.17, 15) is 4.79 Å². The van der Waals surface area contributed by atoms with Gasteiger partial charge in [-0.25, -0.2) is 0 Å². The van der Waals surface area contributed by atoms with Gasteiger partial charge < -0.3 is 14.8 Å². The Morgan fingerprint density at radius 1 is 1.00 bits per heavy atom. The Kier molecular flexibility index (Phi) is 7.00. The van der Waals surface area contributed by atoms with Crippen LogP contribution in [-0.2, 0) is 11.2 Å². The van der Waals surface area contributed by atoms with Crippen molar-refractivity contribution in [3.05, 3.63) is 54.1 Å². The molecule has 1 atom stereocenters. The molecule has 0 saturated heterocycles. The van der Waals surface area contributed by atoms with E-state index in [2.05, 4.69) is 5.32 Å². The zero-order valence-corrected chi connectivity index (χ0v) is 15.1. The molecule has 0 aliphatic carbocycles. The molecule has 128 valence electrons. The third-order valence-corrected chi connectivity index (χ3v) is 4.73. The van der Waals surface area contributed by atoms with Crippen LogP contribution in [0, 0.1) is 0 Å². The summed E-state index contributed by atoms with van der Waals surface area (Å²) in [6.45, 7) is 2.54. The Labute approximate surface area is 147 Å². The van der Waals surface area contributed by atoms with Crippen LogP contribution in [0.15, 0.2) is 53.4 Å². The minimum absolute atomic E-state index is 0.0457. The topological polar surface area (TPSA) is 47.6 Å². The second kappa shape index (κ2) is 9.23. The summed E-state index contributed by atoms with van der Waals surface area (Å²) in [5.74, 6) is 1.70. The van der Waals surface area contributed by atoms with E-state index in [0.29, 0.717) is 6.54 Å². The fourth-order valence-corrected chi connectivity index (χ4v) is 3.07. The summed E-state index contributed by atoms with van der Waals surface area (Å²) in [5.41, 5.74) is 1.17. The number of carbonyl (C=O) groups is 1. The van der Waals surface area contributed by atoms with E-state index in [-0.39, 0.29) is 11.2 Å². The number of carbonyl (C=O) groups excluding carboxylic acids is 1. The Bertz CT molecular complexity index is 641. The van der Waals surface area contributed by atoms with Crippen LogP contribution in [0.1, 0.15) is 12.5 Å². The fourth-order valence-electron chi connectivity index (χ4n) is 2.18. The molecule has 2 aromatic carbocycles. The molecule has 1 N–H and O–H groups in total. The van der Waals surface area contributed by atoms with Crippen molar-refractivity contribution in [3.63, 3.8) is 0 Å². The van der Waals surface area contributed by atoms with Crippen LogP contribution < -0.4 is 14.8 Å². The van der Waals surface area contributed by atoms with E-state index in [1.165, 1.54) is 17.3 Å². The summed E-state index contributed by atoms with van der Waals surface area (Å²) < 4.78 is 10.3. The number of thioether (sulfide) groups is 1. The molecule has 0 radical (unpaired) electrons. The van der Waals surface area contributed by atoms with Gasteiger partial charge in [-0.15, -0.1) is 11.8 Å². The zero-order chi connectivity index (χ0) is 17.4. The Hall–Kier alpha value is -2.14. The van der Waals surface area contributed by atoms with Gasteiger partial charge in [0.1, 0.15) is 11.5 Å². The SMILES string of the molecule is COc1ccc(CCNC(=O)[C@@H](C)Sc2ccc(OC)cc2)cc1. The predicted molar refractivity (Wildman–Crippen MR) is 98.0 cm³/mol. The van der Waals surface area contributed by atoms with Crippen LogP contribution in [-0.4, -0.2) is 31.9 Å². The molecule has 5 heteroatoms. The smallest absolute Gasteiger partial charge is 0.233 e. The second-order valence-electron chi connectivity index (χ2n) is 5.32. The van der Waals surface area contributed by atoms with E-state index in [0.717, 1.165) is 22.8 Å². The number of hydrogen-bond donors (Lipinski definition) is 1. The molecule has 2 rings (SSSR count). The van der Waals surface area contributed by atoms with Gasteiger partial charge in [-0.1, -0.05) is 12.1 Å².